The lowest BCUT2D eigenvalue weighted by Crippen LogP contribution is -2.41. The SMILES string of the molecule is O=C(CN1C(=O)c2cccc([N+](=O)[O-])c2C1=O)NC1CCc2ccccc21. The van der Waals surface area contributed by atoms with Crippen LogP contribution in [0.1, 0.15) is 44.3 Å². The number of nitrogens with one attached hydrogen (secondary N) is 1. The summed E-state index contributed by atoms with van der Waals surface area (Å²) in [4.78, 5) is 48.6. The lowest BCUT2D eigenvalue weighted by atomic mass is 10.1. The molecular formula is C19H15N3O5. The van der Waals surface area contributed by atoms with Crippen molar-refractivity contribution in [2.75, 3.05) is 6.54 Å². The van der Waals surface area contributed by atoms with E-state index in [1.165, 1.54) is 23.8 Å². The molecule has 1 aliphatic carbocycles. The van der Waals surface area contributed by atoms with E-state index in [0.717, 1.165) is 23.3 Å². The predicted molar refractivity (Wildman–Crippen MR) is 94.1 cm³/mol. The monoisotopic (exact) mass is 365 g/mol. The van der Waals surface area contributed by atoms with Crippen LogP contribution in [-0.4, -0.2) is 34.1 Å². The summed E-state index contributed by atoms with van der Waals surface area (Å²) in [6, 6.07) is 11.5. The molecule has 0 bridgehead atoms. The summed E-state index contributed by atoms with van der Waals surface area (Å²) in [7, 11) is 0. The summed E-state index contributed by atoms with van der Waals surface area (Å²) in [5.74, 6) is -1.99. The number of hydrogen-bond donors (Lipinski definition) is 1. The Bertz CT molecular complexity index is 1000. The first-order valence-electron chi connectivity index (χ1n) is 8.48. The largest absolute Gasteiger partial charge is 0.348 e. The Balaban J connectivity index is 1.51. The molecule has 1 unspecified atom stereocenters. The first-order chi connectivity index (χ1) is 13.0. The normalized spacial score (nSPS) is 17.6. The van der Waals surface area contributed by atoms with Crippen molar-refractivity contribution in [1.29, 1.82) is 0 Å². The molecule has 0 radical (unpaired) electrons. The van der Waals surface area contributed by atoms with Crippen LogP contribution in [0.3, 0.4) is 0 Å². The van der Waals surface area contributed by atoms with E-state index in [2.05, 4.69) is 5.32 Å². The topological polar surface area (TPSA) is 110 Å². The molecule has 1 aliphatic heterocycles. The maximum absolute atomic E-state index is 12.5. The van der Waals surface area contributed by atoms with E-state index in [1.807, 2.05) is 24.3 Å². The van der Waals surface area contributed by atoms with E-state index in [0.29, 0.717) is 0 Å². The predicted octanol–water partition coefficient (Wildman–Crippen LogP) is 1.99. The quantitative estimate of drug-likeness (QED) is 0.506. The molecule has 4 rings (SSSR count). The number of nitro benzene ring substituents is 1. The van der Waals surface area contributed by atoms with Crippen LogP contribution in [0.15, 0.2) is 42.5 Å². The molecule has 0 spiro atoms. The average Bonchev–Trinajstić information content (AvgIpc) is 3.16. The lowest BCUT2D eigenvalue weighted by molar-refractivity contribution is -0.385. The Morgan fingerprint density at radius 2 is 1.93 bits per heavy atom. The number of carbonyl (C=O) groups is 3. The number of carbonyl (C=O) groups excluding carboxylic acids is 3. The number of nitrogens with zero attached hydrogens (tertiary/aromatic N) is 2. The highest BCUT2D eigenvalue weighted by atomic mass is 16.6. The minimum atomic E-state index is -0.815. The Hall–Kier alpha value is -3.55. The van der Waals surface area contributed by atoms with Crippen LogP contribution in [0.4, 0.5) is 5.69 Å². The van der Waals surface area contributed by atoms with Crippen LogP contribution < -0.4 is 5.32 Å². The third-order valence-electron chi connectivity index (χ3n) is 4.94. The van der Waals surface area contributed by atoms with Crippen molar-refractivity contribution in [2.24, 2.45) is 0 Å². The molecule has 27 heavy (non-hydrogen) atoms. The Morgan fingerprint density at radius 1 is 1.15 bits per heavy atom. The second-order valence-corrected chi connectivity index (χ2v) is 6.51. The van der Waals surface area contributed by atoms with E-state index in [-0.39, 0.29) is 17.2 Å². The van der Waals surface area contributed by atoms with Gasteiger partial charge in [0.1, 0.15) is 12.1 Å². The molecule has 2 aliphatic rings. The van der Waals surface area contributed by atoms with Crippen molar-refractivity contribution >= 4 is 23.4 Å². The zero-order valence-corrected chi connectivity index (χ0v) is 14.2. The lowest BCUT2D eigenvalue weighted by Gasteiger charge is -2.17. The van der Waals surface area contributed by atoms with E-state index < -0.39 is 34.9 Å². The standard InChI is InChI=1S/C19H15N3O5/c23-16(20-14-9-8-11-4-1-2-5-12(11)14)10-21-18(24)13-6-3-7-15(22(26)27)17(13)19(21)25/h1-7,14H,8-10H2,(H,20,23). The molecule has 8 nitrogen and oxygen atoms in total. The second kappa shape index (κ2) is 6.31. The number of rotatable bonds is 4. The Kier molecular flexibility index (Phi) is 3.95. The minimum Gasteiger partial charge on any atom is -0.348 e. The molecule has 3 amide bonds. The van der Waals surface area contributed by atoms with Gasteiger partial charge in [0.05, 0.1) is 16.5 Å². The highest BCUT2D eigenvalue weighted by Gasteiger charge is 2.41. The fourth-order valence-electron chi connectivity index (χ4n) is 3.70. The molecule has 2 aromatic carbocycles. The van der Waals surface area contributed by atoms with Crippen molar-refractivity contribution in [3.63, 3.8) is 0 Å². The van der Waals surface area contributed by atoms with E-state index in [9.17, 15) is 24.5 Å². The van der Waals surface area contributed by atoms with Crippen LogP contribution in [0.5, 0.6) is 0 Å². The zero-order chi connectivity index (χ0) is 19.1. The van der Waals surface area contributed by atoms with Crippen LogP contribution >= 0.6 is 0 Å². The molecule has 136 valence electrons. The van der Waals surface area contributed by atoms with Crippen molar-refractivity contribution in [3.05, 3.63) is 74.8 Å². The third kappa shape index (κ3) is 2.75. The molecule has 2 aromatic rings. The number of hydrogen-bond acceptors (Lipinski definition) is 5. The first kappa shape index (κ1) is 16.9. The summed E-state index contributed by atoms with van der Waals surface area (Å²) in [6.07, 6.45) is 1.60. The summed E-state index contributed by atoms with van der Waals surface area (Å²) in [5, 5.41) is 14.0. The summed E-state index contributed by atoms with van der Waals surface area (Å²) >= 11 is 0. The fraction of sp³-hybridized carbons (Fsp3) is 0.211. The van der Waals surface area contributed by atoms with Crippen LogP contribution in [0, 0.1) is 10.1 Å². The molecule has 1 N–H and O–H groups in total. The molecule has 0 aromatic heterocycles. The Labute approximate surface area is 153 Å². The highest BCUT2D eigenvalue weighted by Crippen LogP contribution is 2.32. The van der Waals surface area contributed by atoms with Gasteiger partial charge >= 0.3 is 0 Å². The number of benzene rings is 2. The van der Waals surface area contributed by atoms with E-state index in [1.54, 1.807) is 0 Å². The van der Waals surface area contributed by atoms with Gasteiger partial charge in [-0.1, -0.05) is 30.3 Å². The third-order valence-corrected chi connectivity index (χ3v) is 4.94. The van der Waals surface area contributed by atoms with E-state index in [4.69, 9.17) is 0 Å². The van der Waals surface area contributed by atoms with Gasteiger partial charge < -0.3 is 5.32 Å². The van der Waals surface area contributed by atoms with Gasteiger partial charge in [-0.15, -0.1) is 0 Å². The van der Waals surface area contributed by atoms with Gasteiger partial charge in [0.2, 0.25) is 5.91 Å². The van der Waals surface area contributed by atoms with Crippen LogP contribution in [0.2, 0.25) is 0 Å². The van der Waals surface area contributed by atoms with Crippen molar-refractivity contribution in [2.45, 2.75) is 18.9 Å². The number of aryl methyl sites for hydroxylation is 1. The maximum Gasteiger partial charge on any atom is 0.282 e. The molecule has 0 saturated carbocycles. The summed E-state index contributed by atoms with van der Waals surface area (Å²) in [5.41, 5.74) is 1.46. The fourth-order valence-corrected chi connectivity index (χ4v) is 3.70. The van der Waals surface area contributed by atoms with Gasteiger partial charge in [0, 0.05) is 6.07 Å². The minimum absolute atomic E-state index is 0.0480. The van der Waals surface area contributed by atoms with Crippen LogP contribution in [0.25, 0.3) is 0 Å². The molecule has 0 saturated heterocycles. The average molecular weight is 365 g/mol. The van der Waals surface area contributed by atoms with Crippen molar-refractivity contribution in [3.8, 4) is 0 Å². The summed E-state index contributed by atoms with van der Waals surface area (Å²) in [6.45, 7) is -0.470. The van der Waals surface area contributed by atoms with Gasteiger partial charge in [0.15, 0.2) is 0 Å². The first-order valence-corrected chi connectivity index (χ1v) is 8.48. The highest BCUT2D eigenvalue weighted by molar-refractivity contribution is 6.24. The van der Waals surface area contributed by atoms with E-state index >= 15 is 0 Å². The summed E-state index contributed by atoms with van der Waals surface area (Å²) < 4.78 is 0. The second-order valence-electron chi connectivity index (χ2n) is 6.51. The van der Waals surface area contributed by atoms with Gasteiger partial charge in [-0.2, -0.15) is 0 Å². The number of fused-ring (bicyclic) bond motifs is 2. The van der Waals surface area contributed by atoms with Crippen LogP contribution in [-0.2, 0) is 11.2 Å². The number of imide groups is 1. The zero-order valence-electron chi connectivity index (χ0n) is 14.2. The Morgan fingerprint density at radius 3 is 2.70 bits per heavy atom. The molecule has 0 fully saturated rings. The number of nitro groups is 1. The smallest absolute Gasteiger partial charge is 0.282 e. The van der Waals surface area contributed by atoms with Crippen molar-refractivity contribution in [1.82, 2.24) is 10.2 Å². The van der Waals surface area contributed by atoms with Crippen molar-refractivity contribution < 1.29 is 19.3 Å². The number of amides is 3. The van der Waals surface area contributed by atoms with Gasteiger partial charge in [-0.25, -0.2) is 0 Å². The maximum atomic E-state index is 12.5. The molecule has 1 heterocycles. The molecule has 1 atom stereocenters. The molecular weight excluding hydrogens is 350 g/mol. The van der Waals surface area contributed by atoms with Gasteiger partial charge in [-0.3, -0.25) is 29.4 Å². The van der Waals surface area contributed by atoms with Gasteiger partial charge in [-0.05, 0) is 30.0 Å². The molecule has 8 heteroatoms. The van der Waals surface area contributed by atoms with Gasteiger partial charge in [0.25, 0.3) is 17.5 Å².